The molecule has 1 aliphatic heterocycles. The number of hydrogen-bond donors (Lipinski definition) is 1. The molecule has 25 heavy (non-hydrogen) atoms. The molecular weight excluding hydrogens is 363 g/mol. The van der Waals surface area contributed by atoms with Crippen LogP contribution in [0.25, 0.3) is 0 Å². The quantitative estimate of drug-likeness (QED) is 0.680. The first-order valence-corrected chi connectivity index (χ1v) is 7.81. The van der Waals surface area contributed by atoms with Gasteiger partial charge < -0.3 is 27.9 Å². The second-order valence-corrected chi connectivity index (χ2v) is 6.80. The number of carbonyl (C=O) groups is 1. The number of hydrogen-bond acceptors (Lipinski definition) is 5. The molecule has 0 aromatic carbocycles. The summed E-state index contributed by atoms with van der Waals surface area (Å²) in [6.07, 6.45) is 2.45. The number of nitrogens with zero attached hydrogens (tertiary/aromatic N) is 3. The molecule has 2 heterocycles. The summed E-state index contributed by atoms with van der Waals surface area (Å²) < 4.78 is 42.9. The number of amides is 1. The van der Waals surface area contributed by atoms with Gasteiger partial charge in [-0.3, -0.25) is 0 Å². The van der Waals surface area contributed by atoms with Crippen molar-refractivity contribution in [3.8, 4) is 0 Å². The topological polar surface area (TPSA) is 67.3 Å². The van der Waals surface area contributed by atoms with Crippen molar-refractivity contribution in [1.82, 2.24) is 15.3 Å². The van der Waals surface area contributed by atoms with Crippen molar-refractivity contribution in [2.75, 3.05) is 18.0 Å². The fourth-order valence-corrected chi connectivity index (χ4v) is 2.36. The minimum atomic E-state index is -5.08. The Labute approximate surface area is 187 Å². The Balaban J connectivity index is 0.00000312. The van der Waals surface area contributed by atoms with E-state index in [0.717, 1.165) is 12.4 Å². The zero-order valence-corrected chi connectivity index (χ0v) is 18.1. The third-order valence-corrected chi connectivity index (χ3v) is 3.53. The summed E-state index contributed by atoms with van der Waals surface area (Å²) in [5.41, 5.74) is -1.36. The van der Waals surface area contributed by atoms with Gasteiger partial charge in [0.2, 0.25) is 5.95 Å². The number of nitrogens with one attached hydrogen (secondary N) is 1. The van der Waals surface area contributed by atoms with Gasteiger partial charge in [0.25, 0.3) is 0 Å². The van der Waals surface area contributed by atoms with Gasteiger partial charge >= 0.3 is 64.5 Å². The van der Waals surface area contributed by atoms with Crippen LogP contribution >= 0.6 is 0 Å². The van der Waals surface area contributed by atoms with Gasteiger partial charge in [0, 0.05) is 31.5 Å². The van der Waals surface area contributed by atoms with Gasteiger partial charge in [-0.15, -0.1) is 0 Å². The van der Waals surface area contributed by atoms with Gasteiger partial charge in [0.05, 0.1) is 0 Å². The van der Waals surface area contributed by atoms with Gasteiger partial charge in [-0.25, -0.2) is 14.8 Å². The summed E-state index contributed by atoms with van der Waals surface area (Å²) in [7, 11) is 0. The second kappa shape index (κ2) is 9.03. The van der Waals surface area contributed by atoms with Crippen LogP contribution in [0, 0.1) is 0 Å². The molecule has 1 aromatic rings. The van der Waals surface area contributed by atoms with E-state index in [-0.39, 0.29) is 63.4 Å². The second-order valence-electron chi connectivity index (χ2n) is 6.80. The van der Waals surface area contributed by atoms with E-state index in [9.17, 15) is 17.7 Å². The predicted octanol–water partition coefficient (Wildman–Crippen LogP) is -0.971. The van der Waals surface area contributed by atoms with Gasteiger partial charge in [-0.05, 0) is 33.6 Å². The molecule has 0 saturated carbocycles. The molecular formula is C14H21BF3KN4O2. The number of rotatable bonds is 3. The predicted molar refractivity (Wildman–Crippen MR) is 85.3 cm³/mol. The summed E-state index contributed by atoms with van der Waals surface area (Å²) in [4.78, 5) is 21.1. The first-order chi connectivity index (χ1) is 11.0. The summed E-state index contributed by atoms with van der Waals surface area (Å²) in [6, 6.07) is -0.0334. The monoisotopic (exact) mass is 384 g/mol. The van der Waals surface area contributed by atoms with E-state index in [1.807, 2.05) is 0 Å². The van der Waals surface area contributed by atoms with Crippen molar-refractivity contribution in [2.24, 2.45) is 0 Å². The molecule has 0 radical (unpaired) electrons. The largest absolute Gasteiger partial charge is 1.00 e. The Morgan fingerprint density at radius 2 is 1.76 bits per heavy atom. The Kier molecular flexibility index (Phi) is 8.19. The van der Waals surface area contributed by atoms with E-state index in [1.165, 1.54) is 0 Å². The van der Waals surface area contributed by atoms with Crippen molar-refractivity contribution in [3.63, 3.8) is 0 Å². The van der Waals surface area contributed by atoms with E-state index in [1.54, 1.807) is 25.7 Å². The SMILES string of the molecule is CC(C)(C)OC(=O)NC1CCN(c2ncc([B-](F)(F)F)cn2)CC1.[K+]. The number of alkyl carbamates (subject to hydrolysis) is 1. The third-order valence-electron chi connectivity index (χ3n) is 3.53. The maximum atomic E-state index is 12.6. The summed E-state index contributed by atoms with van der Waals surface area (Å²) in [5, 5.41) is 2.80. The molecule has 1 aliphatic rings. The van der Waals surface area contributed by atoms with Crippen LogP contribution in [-0.4, -0.2) is 47.8 Å². The molecule has 134 valence electrons. The fraction of sp³-hybridized carbons (Fsp3) is 0.643. The zero-order valence-electron chi connectivity index (χ0n) is 14.9. The van der Waals surface area contributed by atoms with Crippen LogP contribution < -0.4 is 67.1 Å². The van der Waals surface area contributed by atoms with Crippen molar-refractivity contribution in [1.29, 1.82) is 0 Å². The van der Waals surface area contributed by atoms with Crippen LogP contribution in [0.1, 0.15) is 33.6 Å². The maximum Gasteiger partial charge on any atom is 1.00 e. The summed E-state index contributed by atoms with van der Waals surface area (Å²) in [6.45, 7) is 1.40. The number of anilines is 1. The van der Waals surface area contributed by atoms with Gasteiger partial charge in [0.1, 0.15) is 5.60 Å². The number of piperidine rings is 1. The Hall–Kier alpha value is -0.359. The van der Waals surface area contributed by atoms with E-state index >= 15 is 0 Å². The molecule has 1 aromatic heterocycles. The molecule has 11 heteroatoms. The molecule has 1 amide bonds. The van der Waals surface area contributed by atoms with Gasteiger partial charge in [-0.1, -0.05) is 5.46 Å². The Morgan fingerprint density at radius 3 is 2.20 bits per heavy atom. The van der Waals surface area contributed by atoms with Crippen LogP contribution in [0.4, 0.5) is 23.7 Å². The standard InChI is InChI=1S/C14H21BF3N4O2.K/c1-14(2,3)24-13(23)21-11-4-6-22(7-5-11)12-19-8-10(9-20-12)15(16,17)18;/h8-9,11H,4-7H2,1-3H3,(H,21,23);/q-1;+1. The molecule has 0 spiro atoms. The van der Waals surface area contributed by atoms with Crippen LogP contribution in [0.5, 0.6) is 0 Å². The van der Waals surface area contributed by atoms with E-state index in [4.69, 9.17) is 4.74 Å². The van der Waals surface area contributed by atoms with Crippen molar-refractivity contribution in [3.05, 3.63) is 12.4 Å². The minimum absolute atomic E-state index is 0. The number of ether oxygens (including phenoxy) is 1. The van der Waals surface area contributed by atoms with E-state index < -0.39 is 24.1 Å². The van der Waals surface area contributed by atoms with Gasteiger partial charge in [-0.2, -0.15) is 0 Å². The molecule has 1 fully saturated rings. The fourth-order valence-electron chi connectivity index (χ4n) is 2.36. The van der Waals surface area contributed by atoms with E-state index in [2.05, 4.69) is 15.3 Å². The molecule has 2 rings (SSSR count). The Morgan fingerprint density at radius 1 is 1.24 bits per heavy atom. The summed E-state index contributed by atoms with van der Waals surface area (Å²) in [5.74, 6) is 0.273. The van der Waals surface area contributed by atoms with Crippen LogP contribution in [-0.2, 0) is 4.74 Å². The number of halogens is 3. The molecule has 0 unspecified atom stereocenters. The maximum absolute atomic E-state index is 12.6. The number of aromatic nitrogens is 2. The molecule has 6 nitrogen and oxygen atoms in total. The first-order valence-electron chi connectivity index (χ1n) is 7.81. The smallest absolute Gasteiger partial charge is 0.445 e. The van der Waals surface area contributed by atoms with Gasteiger partial charge in [0.15, 0.2) is 0 Å². The van der Waals surface area contributed by atoms with Crippen LogP contribution in [0.2, 0.25) is 0 Å². The zero-order chi connectivity index (χ0) is 18.0. The molecule has 1 saturated heterocycles. The summed E-state index contributed by atoms with van der Waals surface area (Å²) >= 11 is 0. The molecule has 0 bridgehead atoms. The molecule has 0 aliphatic carbocycles. The number of carbonyl (C=O) groups excluding carboxylic acids is 1. The third kappa shape index (κ3) is 7.42. The molecule has 1 N–H and O–H groups in total. The van der Waals surface area contributed by atoms with E-state index in [0.29, 0.717) is 25.9 Å². The first kappa shape index (κ1) is 22.7. The van der Waals surface area contributed by atoms with Crippen LogP contribution in [0.3, 0.4) is 0 Å². The van der Waals surface area contributed by atoms with Crippen molar-refractivity contribution in [2.45, 2.75) is 45.3 Å². The Bertz CT molecular complexity index is 573. The van der Waals surface area contributed by atoms with Crippen molar-refractivity contribution < 1.29 is 73.9 Å². The minimum Gasteiger partial charge on any atom is -0.445 e. The average molecular weight is 384 g/mol. The molecule has 0 atom stereocenters. The van der Waals surface area contributed by atoms with Crippen molar-refractivity contribution >= 4 is 24.5 Å². The van der Waals surface area contributed by atoms with Crippen LogP contribution in [0.15, 0.2) is 12.4 Å². The average Bonchev–Trinajstić information content (AvgIpc) is 2.45. The normalized spacial score (nSPS) is 16.2.